The van der Waals surface area contributed by atoms with Crippen LogP contribution in [0.3, 0.4) is 0 Å². The van der Waals surface area contributed by atoms with Crippen molar-refractivity contribution in [2.75, 3.05) is 17.7 Å². The van der Waals surface area contributed by atoms with Gasteiger partial charge < -0.3 is 15.4 Å². The van der Waals surface area contributed by atoms with E-state index in [1.165, 1.54) is 7.11 Å². The summed E-state index contributed by atoms with van der Waals surface area (Å²) in [4.78, 5) is 38.0. The maximum absolute atomic E-state index is 12.8. The molecule has 0 saturated heterocycles. The van der Waals surface area contributed by atoms with Gasteiger partial charge in [-0.3, -0.25) is 9.59 Å². The fourth-order valence-corrected chi connectivity index (χ4v) is 4.00. The van der Waals surface area contributed by atoms with Crippen LogP contribution in [-0.4, -0.2) is 24.9 Å². The number of nitrogens with one attached hydrogen (secondary N) is 2. The second-order valence-electron chi connectivity index (χ2n) is 6.17. The summed E-state index contributed by atoms with van der Waals surface area (Å²) in [5.41, 5.74) is 1.44. The molecule has 9 heteroatoms. The van der Waals surface area contributed by atoms with E-state index in [1.54, 1.807) is 55.5 Å². The Balaban J connectivity index is 1.91. The van der Waals surface area contributed by atoms with Crippen molar-refractivity contribution in [3.05, 3.63) is 80.1 Å². The van der Waals surface area contributed by atoms with Gasteiger partial charge in [-0.25, -0.2) is 4.79 Å². The molecule has 2 amide bonds. The van der Waals surface area contributed by atoms with Crippen LogP contribution < -0.4 is 10.6 Å². The smallest absolute Gasteiger partial charge is 0.341 e. The molecule has 0 aliphatic rings. The molecule has 2 N–H and O–H groups in total. The van der Waals surface area contributed by atoms with Crippen LogP contribution in [0.2, 0.25) is 10.0 Å². The van der Waals surface area contributed by atoms with Crippen LogP contribution in [-0.2, 0) is 4.74 Å². The standard InChI is InChI=1S/C21H16Cl2N2O4S/c1-11-16(21(28)29-2)20(25-18(26)12-3-5-13(22)6-4-12)30-17(11)19(27)24-15-9-7-14(23)8-10-15/h3-10H,1-2H3,(H,24,27)(H,25,26). The molecule has 0 aliphatic heterocycles. The number of ether oxygens (including phenoxy) is 1. The first kappa shape index (κ1) is 21.8. The van der Waals surface area contributed by atoms with E-state index in [4.69, 9.17) is 27.9 Å². The highest BCUT2D eigenvalue weighted by Crippen LogP contribution is 2.34. The molecular formula is C21H16Cl2N2O4S. The summed E-state index contributed by atoms with van der Waals surface area (Å²) in [6, 6.07) is 12.9. The minimum Gasteiger partial charge on any atom is -0.465 e. The van der Waals surface area contributed by atoms with Crippen LogP contribution in [0.1, 0.15) is 36.0 Å². The summed E-state index contributed by atoms with van der Waals surface area (Å²) in [6.07, 6.45) is 0. The molecule has 6 nitrogen and oxygen atoms in total. The van der Waals surface area contributed by atoms with Crippen molar-refractivity contribution in [3.8, 4) is 0 Å². The Bertz CT molecular complexity index is 1110. The molecule has 2 aromatic carbocycles. The van der Waals surface area contributed by atoms with Gasteiger partial charge in [0, 0.05) is 21.3 Å². The van der Waals surface area contributed by atoms with Gasteiger partial charge in [-0.05, 0) is 61.0 Å². The molecule has 0 fully saturated rings. The summed E-state index contributed by atoms with van der Waals surface area (Å²) in [5.74, 6) is -1.51. The van der Waals surface area contributed by atoms with Crippen molar-refractivity contribution < 1.29 is 19.1 Å². The van der Waals surface area contributed by atoms with Crippen LogP contribution in [0.4, 0.5) is 10.7 Å². The normalized spacial score (nSPS) is 10.4. The molecule has 3 aromatic rings. The Hall–Kier alpha value is -2.87. The average Bonchev–Trinajstić information content (AvgIpc) is 3.05. The second kappa shape index (κ2) is 9.30. The number of halogens is 2. The van der Waals surface area contributed by atoms with Crippen molar-refractivity contribution in [2.45, 2.75) is 6.92 Å². The van der Waals surface area contributed by atoms with Crippen molar-refractivity contribution in [3.63, 3.8) is 0 Å². The minimum atomic E-state index is -0.652. The van der Waals surface area contributed by atoms with Crippen molar-refractivity contribution in [1.82, 2.24) is 0 Å². The number of amides is 2. The van der Waals surface area contributed by atoms with Gasteiger partial charge in [0.15, 0.2) is 0 Å². The third-order valence-corrected chi connectivity index (χ3v) is 5.89. The lowest BCUT2D eigenvalue weighted by atomic mass is 10.1. The van der Waals surface area contributed by atoms with Gasteiger partial charge in [-0.2, -0.15) is 0 Å². The van der Waals surface area contributed by atoms with Crippen LogP contribution in [0, 0.1) is 6.92 Å². The minimum absolute atomic E-state index is 0.131. The van der Waals surface area contributed by atoms with Gasteiger partial charge in [-0.15, -0.1) is 11.3 Å². The predicted molar refractivity (Wildman–Crippen MR) is 119 cm³/mol. The molecule has 0 unspecified atom stereocenters. The first-order valence-electron chi connectivity index (χ1n) is 8.65. The summed E-state index contributed by atoms with van der Waals surface area (Å²) < 4.78 is 4.84. The summed E-state index contributed by atoms with van der Waals surface area (Å²) >= 11 is 12.7. The van der Waals surface area contributed by atoms with Crippen molar-refractivity contribution in [1.29, 1.82) is 0 Å². The molecule has 0 atom stereocenters. The molecule has 0 saturated carbocycles. The van der Waals surface area contributed by atoms with Crippen molar-refractivity contribution in [2.24, 2.45) is 0 Å². The van der Waals surface area contributed by atoms with E-state index in [-0.39, 0.29) is 15.4 Å². The molecule has 3 rings (SSSR count). The Morgan fingerprint density at radius 3 is 2.00 bits per heavy atom. The highest BCUT2D eigenvalue weighted by Gasteiger charge is 2.26. The zero-order chi connectivity index (χ0) is 21.8. The largest absolute Gasteiger partial charge is 0.465 e. The quantitative estimate of drug-likeness (QED) is 0.479. The van der Waals surface area contributed by atoms with E-state index in [0.29, 0.717) is 26.9 Å². The number of esters is 1. The number of hydrogen-bond donors (Lipinski definition) is 2. The SMILES string of the molecule is COC(=O)c1c(NC(=O)c2ccc(Cl)cc2)sc(C(=O)Nc2ccc(Cl)cc2)c1C. The van der Waals surface area contributed by atoms with Crippen LogP contribution in [0.5, 0.6) is 0 Å². The number of carbonyl (C=O) groups excluding carboxylic acids is 3. The van der Waals surface area contributed by atoms with Crippen LogP contribution in [0.25, 0.3) is 0 Å². The van der Waals surface area contributed by atoms with Crippen LogP contribution >= 0.6 is 34.5 Å². The molecule has 1 heterocycles. The third kappa shape index (κ3) is 4.81. The zero-order valence-electron chi connectivity index (χ0n) is 15.9. The summed E-state index contributed by atoms with van der Waals surface area (Å²) in [6.45, 7) is 1.62. The average molecular weight is 463 g/mol. The fraction of sp³-hybridized carbons (Fsp3) is 0.0952. The predicted octanol–water partition coefficient (Wildman–Crippen LogP) is 5.65. The molecule has 0 spiro atoms. The number of anilines is 2. The maximum atomic E-state index is 12.8. The third-order valence-electron chi connectivity index (χ3n) is 4.18. The van der Waals surface area contributed by atoms with Gasteiger partial charge in [-0.1, -0.05) is 23.2 Å². The molecule has 30 heavy (non-hydrogen) atoms. The van der Waals surface area contributed by atoms with Gasteiger partial charge in [0.2, 0.25) is 0 Å². The van der Waals surface area contributed by atoms with Gasteiger partial charge in [0.25, 0.3) is 11.8 Å². The molecular weight excluding hydrogens is 447 g/mol. The number of hydrogen-bond acceptors (Lipinski definition) is 5. The second-order valence-corrected chi connectivity index (χ2v) is 8.07. The lowest BCUT2D eigenvalue weighted by Crippen LogP contribution is -2.14. The summed E-state index contributed by atoms with van der Waals surface area (Å²) in [7, 11) is 1.23. The lowest BCUT2D eigenvalue weighted by molar-refractivity contribution is 0.0601. The molecule has 1 aromatic heterocycles. The first-order valence-corrected chi connectivity index (χ1v) is 10.2. The molecule has 0 bridgehead atoms. The van der Waals surface area contributed by atoms with Gasteiger partial charge >= 0.3 is 5.97 Å². The highest BCUT2D eigenvalue weighted by molar-refractivity contribution is 7.19. The molecule has 0 radical (unpaired) electrons. The number of thiophene rings is 1. The number of carbonyl (C=O) groups is 3. The van der Waals surface area contributed by atoms with Gasteiger partial charge in [0.1, 0.15) is 5.00 Å². The zero-order valence-corrected chi connectivity index (χ0v) is 18.2. The van der Waals surface area contributed by atoms with E-state index in [9.17, 15) is 14.4 Å². The lowest BCUT2D eigenvalue weighted by Gasteiger charge is -2.06. The fourth-order valence-electron chi connectivity index (χ4n) is 2.66. The first-order chi connectivity index (χ1) is 14.3. The van der Waals surface area contributed by atoms with Crippen molar-refractivity contribution >= 4 is 63.0 Å². The monoisotopic (exact) mass is 462 g/mol. The van der Waals surface area contributed by atoms with E-state index in [2.05, 4.69) is 10.6 Å². The number of rotatable bonds is 5. The van der Waals surface area contributed by atoms with Crippen LogP contribution in [0.15, 0.2) is 48.5 Å². The Labute approximate surface area is 186 Å². The summed E-state index contributed by atoms with van der Waals surface area (Å²) in [5, 5.41) is 6.70. The van der Waals surface area contributed by atoms with Gasteiger partial charge in [0.05, 0.1) is 17.6 Å². The van der Waals surface area contributed by atoms with E-state index < -0.39 is 17.8 Å². The highest BCUT2D eigenvalue weighted by atomic mass is 35.5. The maximum Gasteiger partial charge on any atom is 0.341 e. The van der Waals surface area contributed by atoms with E-state index >= 15 is 0 Å². The Kier molecular flexibility index (Phi) is 6.77. The van der Waals surface area contributed by atoms with E-state index in [0.717, 1.165) is 11.3 Å². The Morgan fingerprint density at radius 2 is 1.43 bits per heavy atom. The van der Waals surface area contributed by atoms with E-state index in [1.807, 2.05) is 0 Å². The number of methoxy groups -OCH3 is 1. The molecule has 154 valence electrons. The Morgan fingerprint density at radius 1 is 0.867 bits per heavy atom. The number of benzene rings is 2. The topological polar surface area (TPSA) is 84.5 Å². The molecule has 0 aliphatic carbocycles.